The molecule has 0 aliphatic heterocycles. The first-order chi connectivity index (χ1) is 9.98. The Kier molecular flexibility index (Phi) is 2.03. The summed E-state index contributed by atoms with van der Waals surface area (Å²) in [6.45, 7) is 5.04. The van der Waals surface area contributed by atoms with Crippen LogP contribution < -0.4 is 0 Å². The smallest absolute Gasteiger partial charge is 0.177 e. The molecule has 0 radical (unpaired) electrons. The zero-order valence-corrected chi connectivity index (χ0v) is 12.9. The minimum atomic E-state index is 0.281. The van der Waals surface area contributed by atoms with Crippen molar-refractivity contribution in [3.63, 3.8) is 0 Å². The maximum atomic E-state index is 4.90. The molecule has 21 heavy (non-hydrogen) atoms. The summed E-state index contributed by atoms with van der Waals surface area (Å²) in [5.41, 5.74) is 3.32. The van der Waals surface area contributed by atoms with Crippen molar-refractivity contribution in [2.24, 2.45) is 16.7 Å². The molecule has 4 aliphatic carbocycles. The number of pyridine rings is 1. The lowest BCUT2D eigenvalue weighted by Gasteiger charge is -2.64. The van der Waals surface area contributed by atoms with Crippen molar-refractivity contribution >= 4 is 11.2 Å². The maximum absolute atomic E-state index is 4.90. The normalized spacial score (nSPS) is 44.6. The van der Waals surface area contributed by atoms with Crippen LogP contribution in [0.2, 0.25) is 0 Å². The maximum Gasteiger partial charge on any atom is 0.177 e. The summed E-state index contributed by atoms with van der Waals surface area (Å²) in [4.78, 5) is 12.9. The Balaban J connectivity index is 1.67. The number of nitrogens with zero attached hydrogens (tertiary/aromatic N) is 2. The second-order valence-electron chi connectivity index (χ2n) is 8.87. The predicted molar refractivity (Wildman–Crippen MR) is 83.0 cm³/mol. The number of hydrogen-bond acceptors (Lipinski definition) is 2. The molecule has 110 valence electrons. The zero-order chi connectivity index (χ0) is 14.3. The van der Waals surface area contributed by atoms with Crippen LogP contribution >= 0.6 is 0 Å². The zero-order valence-electron chi connectivity index (χ0n) is 12.9. The molecule has 2 atom stereocenters. The van der Waals surface area contributed by atoms with Gasteiger partial charge in [-0.1, -0.05) is 13.8 Å². The third-order valence-electron chi connectivity index (χ3n) is 6.39. The number of imidazole rings is 1. The van der Waals surface area contributed by atoms with Crippen molar-refractivity contribution in [2.45, 2.75) is 57.8 Å². The summed E-state index contributed by atoms with van der Waals surface area (Å²) in [6.07, 6.45) is 10.1. The van der Waals surface area contributed by atoms with Gasteiger partial charge in [-0.05, 0) is 67.4 Å². The average Bonchev–Trinajstić information content (AvgIpc) is 2.78. The van der Waals surface area contributed by atoms with Crippen LogP contribution in [-0.2, 0) is 5.41 Å². The molecule has 2 heterocycles. The number of aromatic amines is 1. The van der Waals surface area contributed by atoms with Crippen LogP contribution in [0.15, 0.2) is 18.3 Å². The molecule has 0 saturated heterocycles. The summed E-state index contributed by atoms with van der Waals surface area (Å²) in [5.74, 6) is 2.12. The molecule has 3 heteroatoms. The van der Waals surface area contributed by atoms with Crippen LogP contribution in [0.25, 0.3) is 11.2 Å². The summed E-state index contributed by atoms with van der Waals surface area (Å²) in [6, 6.07) is 4.09. The van der Waals surface area contributed by atoms with E-state index in [1.807, 2.05) is 12.3 Å². The van der Waals surface area contributed by atoms with Crippen LogP contribution in [0.3, 0.4) is 0 Å². The van der Waals surface area contributed by atoms with Gasteiger partial charge in [0, 0.05) is 11.6 Å². The number of rotatable bonds is 1. The third-order valence-corrected chi connectivity index (χ3v) is 6.39. The van der Waals surface area contributed by atoms with E-state index in [1.54, 1.807) is 0 Å². The Morgan fingerprint density at radius 2 is 1.86 bits per heavy atom. The molecule has 2 aromatic heterocycles. The molecule has 3 nitrogen and oxygen atoms in total. The Bertz CT molecular complexity index is 680. The van der Waals surface area contributed by atoms with Crippen molar-refractivity contribution in [1.82, 2.24) is 15.0 Å². The fourth-order valence-corrected chi connectivity index (χ4v) is 6.81. The van der Waals surface area contributed by atoms with Gasteiger partial charge < -0.3 is 4.98 Å². The molecular weight excluding hydrogens is 258 g/mol. The van der Waals surface area contributed by atoms with E-state index >= 15 is 0 Å². The third kappa shape index (κ3) is 1.60. The van der Waals surface area contributed by atoms with Crippen molar-refractivity contribution in [3.05, 3.63) is 24.2 Å². The second-order valence-corrected chi connectivity index (χ2v) is 8.87. The Morgan fingerprint density at radius 1 is 1.10 bits per heavy atom. The van der Waals surface area contributed by atoms with E-state index in [4.69, 9.17) is 4.98 Å². The molecule has 0 amide bonds. The molecule has 4 saturated carbocycles. The van der Waals surface area contributed by atoms with Crippen LogP contribution in [-0.4, -0.2) is 15.0 Å². The molecule has 4 aliphatic rings. The number of fused-ring (bicyclic) bond motifs is 1. The van der Waals surface area contributed by atoms with E-state index in [2.05, 4.69) is 29.9 Å². The van der Waals surface area contributed by atoms with Gasteiger partial charge in [-0.25, -0.2) is 9.97 Å². The Morgan fingerprint density at radius 3 is 2.52 bits per heavy atom. The van der Waals surface area contributed by atoms with E-state index in [0.717, 1.165) is 17.1 Å². The van der Waals surface area contributed by atoms with E-state index in [0.29, 0.717) is 10.8 Å². The first-order valence-corrected chi connectivity index (χ1v) is 8.29. The summed E-state index contributed by atoms with van der Waals surface area (Å²) >= 11 is 0. The lowest BCUT2D eigenvalue weighted by Crippen LogP contribution is -2.57. The molecule has 1 N–H and O–H groups in total. The number of aromatic nitrogens is 3. The van der Waals surface area contributed by atoms with Gasteiger partial charge in [0.15, 0.2) is 5.65 Å². The molecular formula is C18H23N3. The minimum absolute atomic E-state index is 0.281. The molecule has 2 aromatic rings. The van der Waals surface area contributed by atoms with Gasteiger partial charge in [-0.15, -0.1) is 0 Å². The van der Waals surface area contributed by atoms with Crippen LogP contribution in [0, 0.1) is 16.7 Å². The predicted octanol–water partition coefficient (Wildman–Crippen LogP) is 4.21. The van der Waals surface area contributed by atoms with Crippen LogP contribution in [0.1, 0.15) is 58.2 Å². The van der Waals surface area contributed by atoms with Gasteiger partial charge in [-0.2, -0.15) is 0 Å². The lowest BCUT2D eigenvalue weighted by molar-refractivity contribution is -0.112. The minimum Gasteiger partial charge on any atom is -0.340 e. The highest BCUT2D eigenvalue weighted by atomic mass is 15.0. The summed E-state index contributed by atoms with van der Waals surface area (Å²) in [5, 5.41) is 0. The standard InChI is InChI=1S/C18H23N3/c1-16-6-12-7-17(2,9-16)11-18(8-12,10-16)15-20-13-4-3-5-19-14(13)21-15/h3-5,12H,6-11H2,1-2H3,(H,19,20,21). The largest absolute Gasteiger partial charge is 0.340 e. The fraction of sp³-hybridized carbons (Fsp3) is 0.667. The van der Waals surface area contributed by atoms with Crippen molar-refractivity contribution in [1.29, 1.82) is 0 Å². The molecule has 6 rings (SSSR count). The molecule has 4 fully saturated rings. The Labute approximate surface area is 125 Å². The first-order valence-electron chi connectivity index (χ1n) is 8.29. The highest BCUT2D eigenvalue weighted by Crippen LogP contribution is 2.69. The van der Waals surface area contributed by atoms with Crippen molar-refractivity contribution in [3.8, 4) is 0 Å². The quantitative estimate of drug-likeness (QED) is 0.851. The van der Waals surface area contributed by atoms with Gasteiger partial charge in [0.1, 0.15) is 5.82 Å². The molecule has 0 aromatic carbocycles. The van der Waals surface area contributed by atoms with Crippen LogP contribution in [0.4, 0.5) is 0 Å². The van der Waals surface area contributed by atoms with Crippen molar-refractivity contribution < 1.29 is 0 Å². The molecule has 2 unspecified atom stereocenters. The summed E-state index contributed by atoms with van der Waals surface area (Å²) < 4.78 is 0. The first kappa shape index (κ1) is 12.2. The lowest BCUT2D eigenvalue weighted by atomic mass is 9.40. The van der Waals surface area contributed by atoms with Gasteiger partial charge in [0.2, 0.25) is 0 Å². The number of hydrogen-bond donors (Lipinski definition) is 1. The van der Waals surface area contributed by atoms with E-state index in [9.17, 15) is 0 Å². The van der Waals surface area contributed by atoms with Crippen molar-refractivity contribution in [2.75, 3.05) is 0 Å². The van der Waals surface area contributed by atoms with Gasteiger partial charge in [-0.3, -0.25) is 0 Å². The highest BCUT2D eigenvalue weighted by molar-refractivity contribution is 5.70. The number of H-pyrrole nitrogens is 1. The average molecular weight is 281 g/mol. The molecule has 0 spiro atoms. The van der Waals surface area contributed by atoms with E-state index in [-0.39, 0.29) is 5.41 Å². The monoisotopic (exact) mass is 281 g/mol. The van der Waals surface area contributed by atoms with Gasteiger partial charge >= 0.3 is 0 Å². The Hall–Kier alpha value is -1.38. The number of nitrogens with one attached hydrogen (secondary N) is 1. The molecule has 4 bridgehead atoms. The fourth-order valence-electron chi connectivity index (χ4n) is 6.81. The summed E-state index contributed by atoms with van der Waals surface area (Å²) in [7, 11) is 0. The van der Waals surface area contributed by atoms with Crippen LogP contribution in [0.5, 0.6) is 0 Å². The van der Waals surface area contributed by atoms with E-state index in [1.165, 1.54) is 44.3 Å². The second kappa shape index (κ2) is 3.50. The highest BCUT2D eigenvalue weighted by Gasteiger charge is 2.61. The SMILES string of the molecule is CC12CC3CC(C)(C1)CC(c1nc4ncccc4[nH]1)(C3)C2. The topological polar surface area (TPSA) is 41.6 Å². The van der Waals surface area contributed by atoms with E-state index < -0.39 is 0 Å². The van der Waals surface area contributed by atoms with Gasteiger partial charge in [0.05, 0.1) is 5.52 Å². The van der Waals surface area contributed by atoms with Gasteiger partial charge in [0.25, 0.3) is 0 Å².